The van der Waals surface area contributed by atoms with Crippen LogP contribution in [-0.2, 0) is 0 Å². The summed E-state index contributed by atoms with van der Waals surface area (Å²) in [5, 5.41) is 0. The van der Waals surface area contributed by atoms with Crippen LogP contribution in [-0.4, -0.2) is 12.6 Å². The first-order valence-corrected chi connectivity index (χ1v) is 8.77. The molecule has 3 aliphatic rings. The van der Waals surface area contributed by atoms with E-state index in [9.17, 15) is 0 Å². The van der Waals surface area contributed by atoms with E-state index in [-0.39, 0.29) is 0 Å². The Morgan fingerprint density at radius 3 is 2.81 bits per heavy atom. The van der Waals surface area contributed by atoms with Gasteiger partial charge < -0.3 is 10.5 Å². The monoisotopic (exact) mass is 285 g/mol. The average molecular weight is 285 g/mol. The van der Waals surface area contributed by atoms with Crippen LogP contribution in [0.5, 0.6) is 5.75 Å². The lowest BCUT2D eigenvalue weighted by Crippen LogP contribution is -2.29. The molecule has 21 heavy (non-hydrogen) atoms. The molecule has 1 heterocycles. The number of benzene rings is 1. The number of nitrogens with two attached hydrogens (primary N) is 1. The second-order valence-electron chi connectivity index (χ2n) is 7.54. The fraction of sp³-hybridized carbons (Fsp3) is 0.684. The lowest BCUT2D eigenvalue weighted by atomic mass is 9.80. The van der Waals surface area contributed by atoms with Crippen molar-refractivity contribution in [2.24, 2.45) is 23.5 Å². The van der Waals surface area contributed by atoms with Crippen molar-refractivity contribution in [2.75, 3.05) is 6.61 Å². The molecule has 0 amide bonds. The van der Waals surface area contributed by atoms with Crippen molar-refractivity contribution < 1.29 is 4.74 Å². The third-order valence-corrected chi connectivity index (χ3v) is 6.16. The van der Waals surface area contributed by atoms with E-state index >= 15 is 0 Å². The van der Waals surface area contributed by atoms with Crippen molar-refractivity contribution in [1.29, 1.82) is 0 Å². The number of para-hydroxylation sites is 1. The van der Waals surface area contributed by atoms with Crippen molar-refractivity contribution in [3.63, 3.8) is 0 Å². The molecule has 2 bridgehead atoms. The minimum atomic E-state index is 0.366. The SMILES string of the molecule is NC(CC1CCOc2ccccc21)CC1CC2CCC1C2. The second kappa shape index (κ2) is 5.64. The fourth-order valence-electron chi connectivity index (χ4n) is 5.18. The summed E-state index contributed by atoms with van der Waals surface area (Å²) in [5.74, 6) is 4.65. The highest BCUT2D eigenvalue weighted by Gasteiger charge is 2.40. The maximum absolute atomic E-state index is 6.53. The third-order valence-electron chi connectivity index (χ3n) is 6.16. The van der Waals surface area contributed by atoms with E-state index in [0.717, 1.165) is 43.0 Å². The first-order chi connectivity index (χ1) is 10.3. The standard InChI is InChI=1S/C19H27NO/c20-17(12-16-10-13-5-6-14(16)9-13)11-15-7-8-21-19-4-2-1-3-18(15)19/h1-4,13-17H,5-12,20H2. The van der Waals surface area contributed by atoms with E-state index in [1.165, 1.54) is 37.7 Å². The third kappa shape index (κ3) is 2.70. The van der Waals surface area contributed by atoms with Crippen LogP contribution in [0.25, 0.3) is 0 Å². The summed E-state index contributed by atoms with van der Waals surface area (Å²) >= 11 is 0. The number of hydrogen-bond acceptors (Lipinski definition) is 2. The largest absolute Gasteiger partial charge is 0.493 e. The molecule has 5 unspecified atom stereocenters. The highest BCUT2D eigenvalue weighted by atomic mass is 16.5. The molecule has 0 aromatic heterocycles. The highest BCUT2D eigenvalue weighted by molar-refractivity contribution is 5.37. The first kappa shape index (κ1) is 13.6. The van der Waals surface area contributed by atoms with Gasteiger partial charge in [0.1, 0.15) is 5.75 Å². The Morgan fingerprint density at radius 2 is 2.00 bits per heavy atom. The van der Waals surface area contributed by atoms with Gasteiger partial charge in [0.15, 0.2) is 0 Å². The molecule has 2 saturated carbocycles. The van der Waals surface area contributed by atoms with Crippen LogP contribution in [0.3, 0.4) is 0 Å². The Balaban J connectivity index is 1.38. The van der Waals surface area contributed by atoms with E-state index in [2.05, 4.69) is 24.3 Å². The Morgan fingerprint density at radius 1 is 1.10 bits per heavy atom. The van der Waals surface area contributed by atoms with Crippen molar-refractivity contribution in [3.05, 3.63) is 29.8 Å². The Hall–Kier alpha value is -1.02. The minimum absolute atomic E-state index is 0.366. The zero-order valence-corrected chi connectivity index (χ0v) is 12.8. The van der Waals surface area contributed by atoms with Crippen molar-refractivity contribution >= 4 is 0 Å². The maximum atomic E-state index is 6.53. The van der Waals surface area contributed by atoms with Gasteiger partial charge in [-0.2, -0.15) is 0 Å². The van der Waals surface area contributed by atoms with Gasteiger partial charge in [-0.25, -0.2) is 0 Å². The van der Waals surface area contributed by atoms with Gasteiger partial charge in [-0.3, -0.25) is 0 Å². The number of ether oxygens (including phenoxy) is 1. The summed E-state index contributed by atoms with van der Waals surface area (Å²) in [5.41, 5.74) is 7.91. The van der Waals surface area contributed by atoms with E-state index < -0.39 is 0 Å². The van der Waals surface area contributed by atoms with Gasteiger partial charge in [-0.15, -0.1) is 0 Å². The molecule has 2 N–H and O–H groups in total. The number of fused-ring (bicyclic) bond motifs is 3. The predicted octanol–water partition coefficient (Wildman–Crippen LogP) is 4.10. The summed E-state index contributed by atoms with van der Waals surface area (Å²) in [6.07, 6.45) is 9.43. The predicted molar refractivity (Wildman–Crippen MR) is 85.4 cm³/mol. The minimum Gasteiger partial charge on any atom is -0.493 e. The van der Waals surface area contributed by atoms with Gasteiger partial charge in [0, 0.05) is 6.04 Å². The molecule has 0 spiro atoms. The van der Waals surface area contributed by atoms with Crippen LogP contribution in [0.4, 0.5) is 0 Å². The summed E-state index contributed by atoms with van der Waals surface area (Å²) in [7, 11) is 0. The maximum Gasteiger partial charge on any atom is 0.122 e. The van der Waals surface area contributed by atoms with Crippen molar-refractivity contribution in [1.82, 2.24) is 0 Å². The number of rotatable bonds is 4. The summed E-state index contributed by atoms with van der Waals surface area (Å²) in [6, 6.07) is 8.88. The molecule has 1 aromatic carbocycles. The van der Waals surface area contributed by atoms with Gasteiger partial charge >= 0.3 is 0 Å². The molecule has 0 saturated heterocycles. The molecule has 2 heteroatoms. The molecule has 2 fully saturated rings. The Bertz CT molecular complexity index is 500. The van der Waals surface area contributed by atoms with E-state index in [1.807, 2.05) is 0 Å². The quantitative estimate of drug-likeness (QED) is 0.904. The number of hydrogen-bond donors (Lipinski definition) is 1. The zero-order chi connectivity index (χ0) is 14.2. The van der Waals surface area contributed by atoms with Crippen LogP contribution in [0.15, 0.2) is 24.3 Å². The molecule has 1 aliphatic heterocycles. The van der Waals surface area contributed by atoms with Crippen LogP contribution in [0.1, 0.15) is 56.4 Å². The molecule has 114 valence electrons. The van der Waals surface area contributed by atoms with Crippen LogP contribution < -0.4 is 10.5 Å². The molecule has 4 rings (SSSR count). The average Bonchev–Trinajstić information content (AvgIpc) is 3.10. The Labute approximate surface area is 128 Å². The van der Waals surface area contributed by atoms with Crippen LogP contribution in [0, 0.1) is 17.8 Å². The van der Waals surface area contributed by atoms with Gasteiger partial charge in [0.05, 0.1) is 6.61 Å². The Kier molecular flexibility index (Phi) is 3.66. The van der Waals surface area contributed by atoms with Crippen LogP contribution in [0.2, 0.25) is 0 Å². The molecule has 2 aliphatic carbocycles. The zero-order valence-electron chi connectivity index (χ0n) is 12.8. The summed E-state index contributed by atoms with van der Waals surface area (Å²) in [6.45, 7) is 0.850. The van der Waals surface area contributed by atoms with E-state index in [4.69, 9.17) is 10.5 Å². The fourth-order valence-corrected chi connectivity index (χ4v) is 5.18. The molecular formula is C19H27NO. The lowest BCUT2D eigenvalue weighted by molar-refractivity contribution is 0.245. The normalized spacial score (nSPS) is 35.3. The molecule has 5 atom stereocenters. The summed E-state index contributed by atoms with van der Waals surface area (Å²) < 4.78 is 5.77. The van der Waals surface area contributed by atoms with E-state index in [0.29, 0.717) is 12.0 Å². The lowest BCUT2D eigenvalue weighted by Gasteiger charge is -2.30. The molecule has 1 aromatic rings. The molecule has 2 nitrogen and oxygen atoms in total. The van der Waals surface area contributed by atoms with Crippen molar-refractivity contribution in [2.45, 2.75) is 56.9 Å². The first-order valence-electron chi connectivity index (χ1n) is 8.77. The second-order valence-corrected chi connectivity index (χ2v) is 7.54. The van der Waals surface area contributed by atoms with Crippen LogP contribution >= 0.6 is 0 Å². The van der Waals surface area contributed by atoms with Gasteiger partial charge in [-0.05, 0) is 73.8 Å². The van der Waals surface area contributed by atoms with E-state index in [1.54, 1.807) is 0 Å². The smallest absolute Gasteiger partial charge is 0.122 e. The van der Waals surface area contributed by atoms with Gasteiger partial charge in [0.25, 0.3) is 0 Å². The topological polar surface area (TPSA) is 35.2 Å². The highest BCUT2D eigenvalue weighted by Crippen LogP contribution is 2.50. The molecule has 0 radical (unpaired) electrons. The van der Waals surface area contributed by atoms with Crippen molar-refractivity contribution in [3.8, 4) is 5.75 Å². The van der Waals surface area contributed by atoms with Gasteiger partial charge in [0.2, 0.25) is 0 Å². The molecular weight excluding hydrogens is 258 g/mol. The summed E-state index contributed by atoms with van der Waals surface area (Å²) in [4.78, 5) is 0. The van der Waals surface area contributed by atoms with Gasteiger partial charge in [-0.1, -0.05) is 24.6 Å².